The molecule has 4 saturated carbocycles. The number of nitrogens with one attached hydrogen (secondary N) is 2. The van der Waals surface area contributed by atoms with Crippen molar-refractivity contribution in [2.75, 3.05) is 0 Å². The van der Waals surface area contributed by atoms with Gasteiger partial charge in [0.15, 0.2) is 0 Å². The minimum atomic E-state index is -4.08. The molecule has 2 atom stereocenters. The molecule has 0 aliphatic heterocycles. The van der Waals surface area contributed by atoms with E-state index in [4.69, 9.17) is 5.73 Å². The number of nitriles is 1. The Bertz CT molecular complexity index is 1060. The van der Waals surface area contributed by atoms with Crippen LogP contribution >= 0.6 is 0 Å². The van der Waals surface area contributed by atoms with Gasteiger partial charge >= 0.3 is 0 Å². The molecule has 4 aliphatic carbocycles. The van der Waals surface area contributed by atoms with Gasteiger partial charge in [-0.2, -0.15) is 9.98 Å². The van der Waals surface area contributed by atoms with Gasteiger partial charge in [-0.15, -0.1) is 0 Å². The molecule has 0 heterocycles. The maximum absolute atomic E-state index is 13.1. The van der Waals surface area contributed by atoms with Crippen molar-refractivity contribution in [1.29, 1.82) is 5.26 Å². The number of rotatable bonds is 6. The largest absolute Gasteiger partial charge is 0.369 e. The lowest BCUT2D eigenvalue weighted by Gasteiger charge is -2.59. The van der Waals surface area contributed by atoms with Crippen LogP contribution in [0.3, 0.4) is 0 Å². The van der Waals surface area contributed by atoms with Crippen LogP contribution in [0.1, 0.15) is 51.5 Å². The Kier molecular flexibility index (Phi) is 5.14. The Hall–Kier alpha value is -2.44. The van der Waals surface area contributed by atoms with Gasteiger partial charge in [0.25, 0.3) is 0 Å². The van der Waals surface area contributed by atoms with E-state index in [1.165, 1.54) is 32.0 Å². The van der Waals surface area contributed by atoms with Crippen LogP contribution in [0.5, 0.6) is 0 Å². The van der Waals surface area contributed by atoms with Gasteiger partial charge in [-0.3, -0.25) is 9.59 Å². The van der Waals surface area contributed by atoms with Crippen LogP contribution in [0.25, 0.3) is 0 Å². The molecule has 1 aromatic rings. The zero-order valence-electron chi connectivity index (χ0n) is 17.7. The zero-order valence-corrected chi connectivity index (χ0v) is 18.5. The highest BCUT2D eigenvalue weighted by atomic mass is 32.2. The van der Waals surface area contributed by atoms with E-state index in [9.17, 15) is 23.3 Å². The molecule has 0 spiro atoms. The number of carbonyl (C=O) groups excluding carboxylic acids is 2. The summed E-state index contributed by atoms with van der Waals surface area (Å²) < 4.78 is 28.2. The summed E-state index contributed by atoms with van der Waals surface area (Å²) in [5, 5.41) is 12.3. The van der Waals surface area contributed by atoms with E-state index in [0.717, 1.165) is 19.3 Å². The van der Waals surface area contributed by atoms with Crippen molar-refractivity contribution in [2.24, 2.45) is 28.9 Å². The summed E-state index contributed by atoms with van der Waals surface area (Å²) in [4.78, 5) is 25.1. The molecule has 8 nitrogen and oxygen atoms in total. The molecule has 2 unspecified atom stereocenters. The number of primary amides is 1. The maximum Gasteiger partial charge on any atom is 0.242 e. The molecule has 9 heteroatoms. The minimum Gasteiger partial charge on any atom is -0.369 e. The summed E-state index contributed by atoms with van der Waals surface area (Å²) in [5.74, 6) is 0.160. The second-order valence-electron chi connectivity index (χ2n) is 9.95. The highest BCUT2D eigenvalue weighted by Gasteiger charge is 2.58. The smallest absolute Gasteiger partial charge is 0.242 e. The second-order valence-corrected chi connectivity index (χ2v) is 11.6. The predicted octanol–water partition coefficient (Wildman–Crippen LogP) is 1.41. The highest BCUT2D eigenvalue weighted by Crippen LogP contribution is 2.59. The molecule has 2 amide bonds. The van der Waals surface area contributed by atoms with Gasteiger partial charge in [0, 0.05) is 11.5 Å². The first-order valence-electron chi connectivity index (χ1n) is 10.6. The molecule has 0 radical (unpaired) electrons. The van der Waals surface area contributed by atoms with E-state index in [1.807, 2.05) is 6.07 Å². The molecule has 166 valence electrons. The summed E-state index contributed by atoms with van der Waals surface area (Å²) in [6.07, 6.45) is 4.12. The van der Waals surface area contributed by atoms with Crippen molar-refractivity contribution in [3.8, 4) is 6.07 Å². The SMILES string of the molecule is CC(C)(NS(=O)(=O)c1ccccc1C#N)C(=O)NC1C2CC3CC1CC(C(N)=O)(C3)C2. The molecule has 31 heavy (non-hydrogen) atoms. The van der Waals surface area contributed by atoms with Crippen LogP contribution < -0.4 is 15.8 Å². The average Bonchev–Trinajstić information content (AvgIpc) is 2.69. The molecule has 0 aromatic heterocycles. The van der Waals surface area contributed by atoms with Gasteiger partial charge in [-0.25, -0.2) is 8.42 Å². The number of carbonyl (C=O) groups is 2. The number of hydrogen-bond donors (Lipinski definition) is 3. The minimum absolute atomic E-state index is 0.0176. The van der Waals surface area contributed by atoms with Gasteiger partial charge in [0.05, 0.1) is 10.5 Å². The van der Waals surface area contributed by atoms with Gasteiger partial charge in [0.1, 0.15) is 11.6 Å². The fraction of sp³-hybridized carbons (Fsp3) is 0.591. The fourth-order valence-electron chi connectivity index (χ4n) is 6.12. The number of hydrogen-bond acceptors (Lipinski definition) is 5. The van der Waals surface area contributed by atoms with Crippen LogP contribution in [-0.4, -0.2) is 31.8 Å². The van der Waals surface area contributed by atoms with E-state index in [-0.39, 0.29) is 34.2 Å². The molecule has 4 fully saturated rings. The van der Waals surface area contributed by atoms with Gasteiger partial charge < -0.3 is 11.1 Å². The Morgan fingerprint density at radius 1 is 1.16 bits per heavy atom. The van der Waals surface area contributed by atoms with Crippen LogP contribution in [0.2, 0.25) is 0 Å². The normalized spacial score (nSPS) is 31.8. The molecular formula is C22H28N4O4S. The molecule has 4 N–H and O–H groups in total. The summed E-state index contributed by atoms with van der Waals surface area (Å²) in [5.41, 5.74) is 3.88. The van der Waals surface area contributed by atoms with Crippen LogP contribution in [-0.2, 0) is 19.6 Å². The van der Waals surface area contributed by atoms with E-state index in [0.29, 0.717) is 18.8 Å². The third-order valence-corrected chi connectivity index (χ3v) is 9.06. The lowest BCUT2D eigenvalue weighted by Crippen LogP contribution is -2.65. The number of amides is 2. The predicted molar refractivity (Wildman–Crippen MR) is 113 cm³/mol. The quantitative estimate of drug-likeness (QED) is 0.608. The number of nitrogens with zero attached hydrogens (tertiary/aromatic N) is 1. The van der Waals surface area contributed by atoms with E-state index >= 15 is 0 Å². The van der Waals surface area contributed by atoms with Gasteiger partial charge in [-0.05, 0) is 75.8 Å². The first-order valence-corrected chi connectivity index (χ1v) is 12.1. The van der Waals surface area contributed by atoms with Crippen molar-refractivity contribution < 1.29 is 18.0 Å². The lowest BCUT2D eigenvalue weighted by molar-refractivity contribution is -0.148. The van der Waals surface area contributed by atoms with Gasteiger partial charge in [-0.1, -0.05) is 12.1 Å². The van der Waals surface area contributed by atoms with Crippen LogP contribution in [0, 0.1) is 34.5 Å². The molecule has 4 aliphatic rings. The topological polar surface area (TPSA) is 142 Å². The lowest BCUT2D eigenvalue weighted by atomic mass is 9.47. The monoisotopic (exact) mass is 444 g/mol. The molecular weight excluding hydrogens is 416 g/mol. The Morgan fingerprint density at radius 3 is 2.35 bits per heavy atom. The first kappa shape index (κ1) is 21.8. The average molecular weight is 445 g/mol. The summed E-state index contributed by atoms with van der Waals surface area (Å²) in [6.45, 7) is 3.02. The van der Waals surface area contributed by atoms with Crippen LogP contribution in [0.15, 0.2) is 29.2 Å². The third-order valence-electron chi connectivity index (χ3n) is 7.35. The molecule has 0 saturated heterocycles. The molecule has 1 aromatic carbocycles. The summed E-state index contributed by atoms with van der Waals surface area (Å²) in [6, 6.07) is 7.66. The fourth-order valence-corrected chi connectivity index (χ4v) is 7.66. The van der Waals surface area contributed by atoms with Crippen molar-refractivity contribution in [3.63, 3.8) is 0 Å². The number of benzene rings is 1. The summed E-state index contributed by atoms with van der Waals surface area (Å²) in [7, 11) is -4.08. The highest BCUT2D eigenvalue weighted by molar-refractivity contribution is 7.89. The van der Waals surface area contributed by atoms with Crippen molar-refractivity contribution in [1.82, 2.24) is 10.0 Å². The maximum atomic E-state index is 13.1. The Labute approximate surface area is 182 Å². The number of nitrogens with two attached hydrogens (primary N) is 1. The van der Waals surface area contributed by atoms with Crippen molar-refractivity contribution >= 4 is 21.8 Å². The standard InChI is InChI=1S/C22H28N4O4S/c1-21(2,26-31(29,30)17-6-4-3-5-14(17)12-23)20(28)25-18-15-7-13-8-16(18)11-22(9-13,10-15)19(24)27/h3-6,13,15-16,18,26H,7-11H2,1-2H3,(H2,24,27)(H,25,28). The summed E-state index contributed by atoms with van der Waals surface area (Å²) >= 11 is 0. The number of sulfonamides is 1. The van der Waals surface area contributed by atoms with Crippen LogP contribution in [0.4, 0.5) is 0 Å². The van der Waals surface area contributed by atoms with E-state index in [1.54, 1.807) is 6.07 Å². The second kappa shape index (κ2) is 7.31. The molecule has 4 bridgehead atoms. The Morgan fingerprint density at radius 2 is 1.77 bits per heavy atom. The zero-order chi connectivity index (χ0) is 22.6. The first-order chi connectivity index (χ1) is 14.5. The third kappa shape index (κ3) is 3.72. The van der Waals surface area contributed by atoms with E-state index < -0.39 is 26.9 Å². The Balaban J connectivity index is 1.50. The van der Waals surface area contributed by atoms with Gasteiger partial charge in [0.2, 0.25) is 21.8 Å². The van der Waals surface area contributed by atoms with Crippen molar-refractivity contribution in [2.45, 2.75) is 62.4 Å². The molecule has 5 rings (SSSR count). The van der Waals surface area contributed by atoms with Crippen molar-refractivity contribution in [3.05, 3.63) is 29.8 Å². The van der Waals surface area contributed by atoms with E-state index in [2.05, 4.69) is 10.0 Å².